The Balaban J connectivity index is 2.37. The van der Waals surface area contributed by atoms with Crippen LogP contribution in [0.1, 0.15) is 10.5 Å². The average Bonchev–Trinajstić information content (AvgIpc) is 2.48. The fourth-order valence-corrected chi connectivity index (χ4v) is 2.40. The largest absolute Gasteiger partial charge is 0.505 e. The first-order chi connectivity index (χ1) is 10.8. The lowest BCUT2D eigenvalue weighted by atomic mass is 9.82. The molecule has 3 N–H and O–H groups in total. The number of aromatic hydroxyl groups is 1. The van der Waals surface area contributed by atoms with E-state index in [2.05, 4.69) is 10.3 Å². The third-order valence-electron chi connectivity index (χ3n) is 3.28. The predicted molar refractivity (Wildman–Crippen MR) is 92.7 cm³/mol. The quantitative estimate of drug-likeness (QED) is 0.589. The Labute approximate surface area is 139 Å². The Morgan fingerprint density at radius 1 is 1.26 bits per heavy atom. The second kappa shape index (κ2) is 6.75. The Kier molecular flexibility index (Phi) is 4.95. The molecule has 0 fully saturated rings. The van der Waals surface area contributed by atoms with Crippen LogP contribution < -0.4 is 16.2 Å². The maximum absolute atomic E-state index is 11.8. The number of hydrogen-bond acceptors (Lipinski definition) is 4. The number of carboxylic acids is 1. The summed E-state index contributed by atoms with van der Waals surface area (Å²) in [6, 6.07) is 5.14. The number of carboxylic acid groups (broad SMARTS) is 1. The second-order valence-electron chi connectivity index (χ2n) is 5.09. The molecule has 0 saturated carbocycles. The number of hydrogen-bond donors (Lipinski definition) is 3. The summed E-state index contributed by atoms with van der Waals surface area (Å²) >= 11 is 6.16. The third kappa shape index (κ3) is 3.84. The van der Waals surface area contributed by atoms with E-state index < -0.39 is 18.4 Å². The van der Waals surface area contributed by atoms with Crippen molar-refractivity contribution in [1.29, 1.82) is 0 Å². The van der Waals surface area contributed by atoms with Crippen LogP contribution in [-0.2, 0) is 4.79 Å². The van der Waals surface area contributed by atoms with Gasteiger partial charge in [-0.15, -0.1) is 0 Å². The molecule has 0 saturated heterocycles. The summed E-state index contributed by atoms with van der Waals surface area (Å²) in [6.07, 6.45) is 1.44. The van der Waals surface area contributed by atoms with Crippen LogP contribution in [0.2, 0.25) is 5.02 Å². The zero-order valence-corrected chi connectivity index (χ0v) is 13.3. The number of carbonyl (C=O) groups excluding carboxylic acids is 1. The van der Waals surface area contributed by atoms with Gasteiger partial charge in [-0.1, -0.05) is 34.7 Å². The SMILES string of the molecule is Bc1cc(Cl)c(B)c(-c2cnc(C(=O)NCC(=O)O)c(O)c2)c1. The average molecular weight is 330 g/mol. The first-order valence-corrected chi connectivity index (χ1v) is 7.13. The van der Waals surface area contributed by atoms with Crippen molar-refractivity contribution in [3.8, 4) is 16.9 Å². The summed E-state index contributed by atoms with van der Waals surface area (Å²) < 4.78 is 0. The van der Waals surface area contributed by atoms with Gasteiger partial charge in [0.15, 0.2) is 5.69 Å². The number of pyridine rings is 1. The lowest BCUT2D eigenvalue weighted by molar-refractivity contribution is -0.135. The van der Waals surface area contributed by atoms with E-state index in [1.165, 1.54) is 12.3 Å². The number of benzene rings is 1. The van der Waals surface area contributed by atoms with Gasteiger partial charge in [-0.05, 0) is 11.6 Å². The summed E-state index contributed by atoms with van der Waals surface area (Å²) in [5, 5.41) is 21.3. The van der Waals surface area contributed by atoms with Crippen molar-refractivity contribution < 1.29 is 19.8 Å². The molecular formula is C14H13B2ClN2O4. The minimum absolute atomic E-state index is 0.230. The van der Waals surface area contributed by atoms with Crippen molar-refractivity contribution in [1.82, 2.24) is 10.3 Å². The van der Waals surface area contributed by atoms with E-state index in [4.69, 9.17) is 16.7 Å². The summed E-state index contributed by atoms with van der Waals surface area (Å²) in [6.45, 7) is -0.547. The minimum Gasteiger partial charge on any atom is -0.505 e. The first kappa shape index (κ1) is 16.9. The van der Waals surface area contributed by atoms with E-state index in [1.807, 2.05) is 27.8 Å². The minimum atomic E-state index is -1.18. The van der Waals surface area contributed by atoms with Gasteiger partial charge in [-0.25, -0.2) is 4.98 Å². The third-order valence-corrected chi connectivity index (χ3v) is 3.68. The molecule has 0 spiro atoms. The smallest absolute Gasteiger partial charge is 0.322 e. The number of amides is 1. The molecule has 116 valence electrons. The molecule has 0 aliphatic heterocycles. The molecule has 0 atom stereocenters. The standard InChI is InChI=1S/C14H13B2ClN2O4/c15-7-2-8(12(16)9(17)3-7)6-1-10(20)13(18-4-6)14(23)19-5-11(21)22/h1-4,20H,5,15-16H2,(H,19,23)(H,21,22). The summed E-state index contributed by atoms with van der Waals surface area (Å²) in [7, 11) is 3.75. The molecule has 0 radical (unpaired) electrons. The molecule has 23 heavy (non-hydrogen) atoms. The number of aliphatic carboxylic acids is 1. The molecule has 0 aliphatic carbocycles. The number of halogens is 1. The number of aromatic nitrogens is 1. The maximum atomic E-state index is 11.8. The van der Waals surface area contributed by atoms with E-state index in [9.17, 15) is 14.7 Å². The van der Waals surface area contributed by atoms with Gasteiger partial charge in [0.2, 0.25) is 0 Å². The Hall–Kier alpha value is -2.47. The highest BCUT2D eigenvalue weighted by Gasteiger charge is 2.16. The molecule has 1 aromatic carbocycles. The lowest BCUT2D eigenvalue weighted by Gasteiger charge is -2.11. The van der Waals surface area contributed by atoms with Gasteiger partial charge in [-0.2, -0.15) is 0 Å². The van der Waals surface area contributed by atoms with Crippen molar-refractivity contribution >= 4 is 50.1 Å². The molecule has 1 aromatic heterocycles. The van der Waals surface area contributed by atoms with Gasteiger partial charge in [-0.3, -0.25) is 9.59 Å². The van der Waals surface area contributed by atoms with Crippen LogP contribution in [-0.4, -0.2) is 49.3 Å². The van der Waals surface area contributed by atoms with Crippen molar-refractivity contribution in [2.75, 3.05) is 6.54 Å². The highest BCUT2D eigenvalue weighted by molar-refractivity contribution is 6.49. The van der Waals surface area contributed by atoms with Crippen LogP contribution in [0.25, 0.3) is 11.1 Å². The number of rotatable bonds is 4. The highest BCUT2D eigenvalue weighted by Crippen LogP contribution is 2.24. The zero-order valence-electron chi connectivity index (χ0n) is 12.6. The van der Waals surface area contributed by atoms with E-state index in [0.29, 0.717) is 10.6 Å². The lowest BCUT2D eigenvalue weighted by Crippen LogP contribution is -2.29. The van der Waals surface area contributed by atoms with E-state index in [1.54, 1.807) is 0 Å². The topological polar surface area (TPSA) is 99.5 Å². The van der Waals surface area contributed by atoms with Crippen LogP contribution in [0.3, 0.4) is 0 Å². The molecule has 0 bridgehead atoms. The van der Waals surface area contributed by atoms with Crippen LogP contribution in [0, 0.1) is 0 Å². The number of nitrogens with one attached hydrogen (secondary N) is 1. The summed E-state index contributed by atoms with van der Waals surface area (Å²) in [4.78, 5) is 26.2. The first-order valence-electron chi connectivity index (χ1n) is 6.75. The van der Waals surface area contributed by atoms with E-state index in [-0.39, 0.29) is 11.4 Å². The van der Waals surface area contributed by atoms with Crippen LogP contribution in [0.15, 0.2) is 24.4 Å². The fraction of sp³-hybridized carbons (Fsp3) is 0.0714. The second-order valence-corrected chi connectivity index (χ2v) is 5.49. The maximum Gasteiger partial charge on any atom is 0.322 e. The van der Waals surface area contributed by atoms with Crippen molar-refractivity contribution in [2.24, 2.45) is 0 Å². The van der Waals surface area contributed by atoms with Crippen molar-refractivity contribution in [3.63, 3.8) is 0 Å². The molecular weight excluding hydrogens is 317 g/mol. The molecule has 1 heterocycles. The van der Waals surface area contributed by atoms with Crippen LogP contribution >= 0.6 is 11.6 Å². The molecule has 1 amide bonds. The molecule has 0 unspecified atom stereocenters. The Bertz CT molecular complexity index is 799. The Morgan fingerprint density at radius 2 is 1.96 bits per heavy atom. The van der Waals surface area contributed by atoms with E-state index >= 15 is 0 Å². The van der Waals surface area contributed by atoms with Gasteiger partial charge in [0.1, 0.15) is 28.0 Å². The molecule has 2 aromatic rings. The summed E-state index contributed by atoms with van der Waals surface area (Å²) in [5.41, 5.74) is 2.97. The summed E-state index contributed by atoms with van der Waals surface area (Å²) in [5.74, 6) is -2.27. The predicted octanol–water partition coefficient (Wildman–Crippen LogP) is -1.56. The normalized spacial score (nSPS) is 10.3. The Morgan fingerprint density at radius 3 is 2.57 bits per heavy atom. The van der Waals surface area contributed by atoms with Gasteiger partial charge in [0.05, 0.1) is 0 Å². The van der Waals surface area contributed by atoms with Crippen molar-refractivity contribution in [3.05, 3.63) is 35.1 Å². The zero-order chi connectivity index (χ0) is 17.1. The molecule has 6 nitrogen and oxygen atoms in total. The van der Waals surface area contributed by atoms with Gasteiger partial charge in [0, 0.05) is 16.8 Å². The number of nitrogens with zero attached hydrogens (tertiary/aromatic N) is 1. The van der Waals surface area contributed by atoms with E-state index in [0.717, 1.165) is 16.5 Å². The highest BCUT2D eigenvalue weighted by atomic mass is 35.5. The van der Waals surface area contributed by atoms with Crippen LogP contribution in [0.5, 0.6) is 5.75 Å². The fourth-order valence-electron chi connectivity index (χ4n) is 2.13. The molecule has 0 aliphatic rings. The van der Waals surface area contributed by atoms with Gasteiger partial charge >= 0.3 is 5.97 Å². The number of carbonyl (C=O) groups is 2. The molecule has 9 heteroatoms. The van der Waals surface area contributed by atoms with Gasteiger partial charge in [0.25, 0.3) is 5.91 Å². The van der Waals surface area contributed by atoms with Crippen LogP contribution in [0.4, 0.5) is 0 Å². The van der Waals surface area contributed by atoms with Gasteiger partial charge < -0.3 is 15.5 Å². The molecule has 2 rings (SSSR count). The monoisotopic (exact) mass is 330 g/mol. The van der Waals surface area contributed by atoms with Crippen molar-refractivity contribution in [2.45, 2.75) is 0 Å².